The molecule has 1 heterocycles. The molecule has 0 amide bonds. The monoisotopic (exact) mass is 373 g/mol. The molecule has 2 N–H and O–H groups in total. The molecule has 0 unspecified atom stereocenters. The van der Waals surface area contributed by atoms with E-state index in [0.29, 0.717) is 12.4 Å². The second-order valence-corrected chi connectivity index (χ2v) is 6.68. The SMILES string of the molecule is CCNc1cc(S(=O)(=O)Nc2ccc(Br)c(F)c2)ccn1. The third kappa shape index (κ3) is 3.92. The number of halogens is 2. The first-order valence-electron chi connectivity index (χ1n) is 6.10. The first-order valence-corrected chi connectivity index (χ1v) is 8.38. The summed E-state index contributed by atoms with van der Waals surface area (Å²) in [6, 6.07) is 6.80. The molecule has 112 valence electrons. The van der Waals surface area contributed by atoms with Gasteiger partial charge in [0.2, 0.25) is 0 Å². The van der Waals surface area contributed by atoms with Gasteiger partial charge in [-0.05, 0) is 47.1 Å². The Morgan fingerprint density at radius 1 is 1.29 bits per heavy atom. The minimum Gasteiger partial charge on any atom is -0.370 e. The van der Waals surface area contributed by atoms with E-state index in [1.54, 1.807) is 0 Å². The third-order valence-electron chi connectivity index (χ3n) is 2.57. The second kappa shape index (κ2) is 6.40. The number of nitrogens with zero attached hydrogens (tertiary/aromatic N) is 1. The molecule has 0 aliphatic carbocycles. The fourth-order valence-electron chi connectivity index (χ4n) is 1.63. The zero-order chi connectivity index (χ0) is 15.5. The van der Waals surface area contributed by atoms with E-state index in [2.05, 4.69) is 31.0 Å². The number of benzene rings is 1. The number of hydrogen-bond acceptors (Lipinski definition) is 4. The molecule has 0 atom stereocenters. The molecule has 2 aromatic rings. The lowest BCUT2D eigenvalue weighted by Gasteiger charge is -2.10. The Morgan fingerprint density at radius 2 is 2.05 bits per heavy atom. The van der Waals surface area contributed by atoms with Crippen LogP contribution >= 0.6 is 15.9 Å². The van der Waals surface area contributed by atoms with Crippen molar-refractivity contribution in [3.63, 3.8) is 0 Å². The number of nitrogens with one attached hydrogen (secondary N) is 2. The van der Waals surface area contributed by atoms with Crippen LogP contribution < -0.4 is 10.0 Å². The van der Waals surface area contributed by atoms with Crippen molar-refractivity contribution in [1.82, 2.24) is 4.98 Å². The number of rotatable bonds is 5. The maximum Gasteiger partial charge on any atom is 0.262 e. The lowest BCUT2D eigenvalue weighted by atomic mass is 10.3. The van der Waals surface area contributed by atoms with Gasteiger partial charge >= 0.3 is 0 Å². The molecule has 0 spiro atoms. The maximum atomic E-state index is 13.4. The van der Waals surface area contributed by atoms with E-state index in [0.717, 1.165) is 6.07 Å². The summed E-state index contributed by atoms with van der Waals surface area (Å²) >= 11 is 3.01. The van der Waals surface area contributed by atoms with Gasteiger partial charge in [-0.15, -0.1) is 0 Å². The number of aromatic nitrogens is 1. The smallest absolute Gasteiger partial charge is 0.262 e. The molecule has 2 rings (SSSR count). The van der Waals surface area contributed by atoms with E-state index in [1.807, 2.05) is 6.92 Å². The van der Waals surface area contributed by atoms with E-state index >= 15 is 0 Å². The minimum absolute atomic E-state index is 0.0526. The molecule has 8 heteroatoms. The van der Waals surface area contributed by atoms with Crippen molar-refractivity contribution in [2.75, 3.05) is 16.6 Å². The zero-order valence-corrected chi connectivity index (χ0v) is 13.5. The molecular formula is C13H13BrFN3O2S. The number of sulfonamides is 1. The molecule has 0 fully saturated rings. The average molecular weight is 374 g/mol. The minimum atomic E-state index is -3.80. The highest BCUT2D eigenvalue weighted by molar-refractivity contribution is 9.10. The van der Waals surface area contributed by atoms with Crippen molar-refractivity contribution in [1.29, 1.82) is 0 Å². The van der Waals surface area contributed by atoms with Crippen molar-refractivity contribution in [3.05, 3.63) is 46.8 Å². The normalized spacial score (nSPS) is 11.2. The van der Waals surface area contributed by atoms with Crippen LogP contribution in [0.5, 0.6) is 0 Å². The van der Waals surface area contributed by atoms with Crippen LogP contribution in [0.15, 0.2) is 45.9 Å². The number of hydrogen-bond donors (Lipinski definition) is 2. The van der Waals surface area contributed by atoms with Crippen LogP contribution in [0.1, 0.15) is 6.92 Å². The van der Waals surface area contributed by atoms with Gasteiger partial charge in [-0.3, -0.25) is 4.72 Å². The highest BCUT2D eigenvalue weighted by Crippen LogP contribution is 2.22. The van der Waals surface area contributed by atoms with E-state index in [1.165, 1.54) is 30.5 Å². The molecule has 1 aromatic carbocycles. The molecule has 5 nitrogen and oxygen atoms in total. The Kier molecular flexibility index (Phi) is 4.79. The Labute approximate surface area is 130 Å². The van der Waals surface area contributed by atoms with E-state index in [-0.39, 0.29) is 15.1 Å². The molecule has 21 heavy (non-hydrogen) atoms. The van der Waals surface area contributed by atoms with Gasteiger partial charge in [0.25, 0.3) is 10.0 Å². The van der Waals surface area contributed by atoms with Gasteiger partial charge in [0.15, 0.2) is 0 Å². The van der Waals surface area contributed by atoms with Crippen LogP contribution in [-0.2, 0) is 10.0 Å². The van der Waals surface area contributed by atoms with Gasteiger partial charge in [0, 0.05) is 18.8 Å². The van der Waals surface area contributed by atoms with Crippen molar-refractivity contribution in [3.8, 4) is 0 Å². The molecule has 0 bridgehead atoms. The zero-order valence-electron chi connectivity index (χ0n) is 11.1. The molecule has 0 saturated heterocycles. The number of pyridine rings is 1. The quantitative estimate of drug-likeness (QED) is 0.843. The summed E-state index contributed by atoms with van der Waals surface area (Å²) in [5, 5.41) is 2.93. The molecular weight excluding hydrogens is 361 g/mol. The highest BCUT2D eigenvalue weighted by Gasteiger charge is 2.15. The van der Waals surface area contributed by atoms with E-state index in [4.69, 9.17) is 0 Å². The maximum absolute atomic E-state index is 13.4. The number of anilines is 2. The van der Waals surface area contributed by atoms with Gasteiger partial charge in [-0.1, -0.05) is 0 Å². The largest absolute Gasteiger partial charge is 0.370 e. The summed E-state index contributed by atoms with van der Waals surface area (Å²) in [5.74, 6) is -0.0828. The Hall–Kier alpha value is -1.67. The van der Waals surface area contributed by atoms with Crippen LogP contribution in [0, 0.1) is 5.82 Å². The first-order chi connectivity index (χ1) is 9.92. The van der Waals surface area contributed by atoms with Crippen molar-refractivity contribution >= 4 is 37.5 Å². The molecule has 0 aliphatic heterocycles. The average Bonchev–Trinajstić information content (AvgIpc) is 2.43. The van der Waals surface area contributed by atoms with Crippen molar-refractivity contribution < 1.29 is 12.8 Å². The first kappa shape index (κ1) is 15.7. The van der Waals surface area contributed by atoms with Gasteiger partial charge in [-0.2, -0.15) is 0 Å². The van der Waals surface area contributed by atoms with Gasteiger partial charge in [-0.25, -0.2) is 17.8 Å². The van der Waals surface area contributed by atoms with Gasteiger partial charge in [0.05, 0.1) is 15.1 Å². The standard InChI is InChI=1S/C13H13BrFN3O2S/c1-2-16-13-8-10(5-6-17-13)21(19,20)18-9-3-4-11(14)12(15)7-9/h3-8,18H,2H2,1H3,(H,16,17). The topological polar surface area (TPSA) is 71.1 Å². The lowest BCUT2D eigenvalue weighted by Crippen LogP contribution is -2.14. The second-order valence-electron chi connectivity index (χ2n) is 4.14. The summed E-state index contributed by atoms with van der Waals surface area (Å²) in [7, 11) is -3.80. The van der Waals surface area contributed by atoms with Gasteiger partial charge in [0.1, 0.15) is 11.6 Å². The van der Waals surface area contributed by atoms with Crippen molar-refractivity contribution in [2.24, 2.45) is 0 Å². The summed E-state index contributed by atoms with van der Waals surface area (Å²) in [6.45, 7) is 2.51. The molecule has 0 saturated carbocycles. The van der Waals surface area contributed by atoms with Crippen molar-refractivity contribution in [2.45, 2.75) is 11.8 Å². The van der Waals surface area contributed by atoms with Crippen LogP contribution in [0.2, 0.25) is 0 Å². The lowest BCUT2D eigenvalue weighted by molar-refractivity contribution is 0.601. The fraction of sp³-hybridized carbons (Fsp3) is 0.154. The summed E-state index contributed by atoms with van der Waals surface area (Å²) in [4.78, 5) is 4.06. The summed E-state index contributed by atoms with van der Waals surface area (Å²) < 4.78 is 40.5. The fourth-order valence-corrected chi connectivity index (χ4v) is 2.94. The Bertz CT molecular complexity index is 753. The van der Waals surface area contributed by atoms with Crippen LogP contribution in [0.25, 0.3) is 0 Å². The predicted molar refractivity (Wildman–Crippen MR) is 83.3 cm³/mol. The third-order valence-corrected chi connectivity index (χ3v) is 4.59. The van der Waals surface area contributed by atoms with Crippen LogP contribution in [0.3, 0.4) is 0 Å². The van der Waals surface area contributed by atoms with Crippen LogP contribution in [-0.4, -0.2) is 19.9 Å². The van der Waals surface area contributed by atoms with Gasteiger partial charge < -0.3 is 5.32 Å². The summed E-state index contributed by atoms with van der Waals surface area (Å²) in [5.41, 5.74) is 0.150. The Morgan fingerprint density at radius 3 is 2.71 bits per heavy atom. The summed E-state index contributed by atoms with van der Waals surface area (Å²) in [6.07, 6.45) is 1.40. The predicted octanol–water partition coefficient (Wildman–Crippen LogP) is 3.22. The Balaban J connectivity index is 2.29. The molecule has 0 aliphatic rings. The van der Waals surface area contributed by atoms with E-state index in [9.17, 15) is 12.8 Å². The molecule has 1 aromatic heterocycles. The highest BCUT2D eigenvalue weighted by atomic mass is 79.9. The van der Waals surface area contributed by atoms with Crippen LogP contribution in [0.4, 0.5) is 15.9 Å². The molecule has 0 radical (unpaired) electrons. The van der Waals surface area contributed by atoms with E-state index < -0.39 is 15.8 Å².